The zero-order chi connectivity index (χ0) is 25.3. The number of aliphatic hydroxyl groups is 1. The van der Waals surface area contributed by atoms with Gasteiger partial charge in [0.05, 0.1) is 12.2 Å². The number of rotatable bonds is 8. The van der Waals surface area contributed by atoms with Gasteiger partial charge in [-0.1, -0.05) is 24.3 Å². The zero-order valence-electron chi connectivity index (χ0n) is 20.7. The van der Waals surface area contributed by atoms with E-state index < -0.39 is 5.60 Å². The first-order valence-corrected chi connectivity index (χ1v) is 12.2. The van der Waals surface area contributed by atoms with Gasteiger partial charge in [0.1, 0.15) is 11.0 Å². The van der Waals surface area contributed by atoms with Crippen molar-refractivity contribution in [3.63, 3.8) is 0 Å². The maximum Gasteiger partial charge on any atom is 0.278 e. The van der Waals surface area contributed by atoms with Crippen molar-refractivity contribution < 1.29 is 5.11 Å². The molecule has 1 aromatic carbocycles. The van der Waals surface area contributed by atoms with Gasteiger partial charge in [0, 0.05) is 18.4 Å². The quantitative estimate of drug-likeness (QED) is 0.367. The van der Waals surface area contributed by atoms with E-state index in [1.807, 2.05) is 12.1 Å². The van der Waals surface area contributed by atoms with E-state index in [9.17, 15) is 9.90 Å². The van der Waals surface area contributed by atoms with Crippen molar-refractivity contribution in [3.05, 3.63) is 82.9 Å². The number of anilines is 2. The van der Waals surface area contributed by atoms with Gasteiger partial charge in [-0.2, -0.15) is 4.98 Å². The average molecular weight is 486 g/mol. The number of hydrogen-bond acceptors (Lipinski definition) is 7. The van der Waals surface area contributed by atoms with E-state index in [2.05, 4.69) is 43.9 Å². The average Bonchev–Trinajstić information content (AvgIpc) is 3.46. The van der Waals surface area contributed by atoms with Crippen LogP contribution >= 0.6 is 0 Å². The summed E-state index contributed by atoms with van der Waals surface area (Å²) >= 11 is 0. The van der Waals surface area contributed by atoms with E-state index in [1.165, 1.54) is 29.3 Å². The smallest absolute Gasteiger partial charge is 0.278 e. The highest BCUT2D eigenvalue weighted by Gasteiger charge is 2.22. The van der Waals surface area contributed by atoms with Gasteiger partial charge in [0.15, 0.2) is 11.5 Å². The summed E-state index contributed by atoms with van der Waals surface area (Å²) < 4.78 is 3.17. The lowest BCUT2D eigenvalue weighted by atomic mass is 10.1. The Morgan fingerprint density at radius 2 is 1.86 bits per heavy atom. The minimum absolute atomic E-state index is 0.238. The van der Waals surface area contributed by atoms with Crippen LogP contribution in [0.15, 0.2) is 66.1 Å². The first-order chi connectivity index (χ1) is 17.3. The molecule has 1 saturated heterocycles. The van der Waals surface area contributed by atoms with Crippen molar-refractivity contribution >= 4 is 22.7 Å². The lowest BCUT2D eigenvalue weighted by Gasteiger charge is -2.18. The van der Waals surface area contributed by atoms with Gasteiger partial charge in [-0.05, 0) is 69.6 Å². The molecule has 0 aliphatic carbocycles. The standard InChI is InChI=1S/C27H31N7O2/c1-4-14-33-25(35)21-17-28-26(29-20-12-10-19(11-13-20)18-32-15-5-6-16-32)31-24(21)34(33)23-9-7-8-22(30-23)27(2,3)36/h4,7-13,17,36H,1,5-6,14-16,18H2,2-3H3,(H,28,29,31). The molecule has 1 aliphatic rings. The summed E-state index contributed by atoms with van der Waals surface area (Å²) in [6.45, 7) is 10.7. The lowest BCUT2D eigenvalue weighted by Crippen LogP contribution is -2.23. The third-order valence-corrected chi connectivity index (χ3v) is 6.37. The minimum atomic E-state index is -1.13. The van der Waals surface area contributed by atoms with Crippen molar-refractivity contribution in [1.29, 1.82) is 0 Å². The lowest BCUT2D eigenvalue weighted by molar-refractivity contribution is 0.0738. The second-order valence-corrected chi connectivity index (χ2v) is 9.66. The first-order valence-electron chi connectivity index (χ1n) is 12.2. The summed E-state index contributed by atoms with van der Waals surface area (Å²) in [5, 5.41) is 14.1. The SMILES string of the molecule is C=CCn1c(=O)c2cnc(Nc3ccc(CN4CCCC4)cc3)nc2n1-c1cccc(C(C)(C)O)n1. The molecule has 0 atom stereocenters. The molecule has 4 aromatic rings. The van der Waals surface area contributed by atoms with Gasteiger partial charge < -0.3 is 10.4 Å². The Balaban J connectivity index is 1.50. The predicted molar refractivity (Wildman–Crippen MR) is 141 cm³/mol. The molecule has 4 heterocycles. The summed E-state index contributed by atoms with van der Waals surface area (Å²) in [5.74, 6) is 0.845. The Hall–Kier alpha value is -3.82. The highest BCUT2D eigenvalue weighted by Crippen LogP contribution is 2.22. The van der Waals surface area contributed by atoms with Crippen LogP contribution in [0.25, 0.3) is 16.9 Å². The van der Waals surface area contributed by atoms with Gasteiger partial charge in [0.25, 0.3) is 5.56 Å². The van der Waals surface area contributed by atoms with Gasteiger partial charge >= 0.3 is 0 Å². The molecule has 9 nitrogen and oxygen atoms in total. The molecule has 3 aromatic heterocycles. The number of fused-ring (bicyclic) bond motifs is 1. The summed E-state index contributed by atoms with van der Waals surface area (Å²) in [6, 6.07) is 13.6. The molecular formula is C27H31N7O2. The van der Waals surface area contributed by atoms with E-state index in [1.54, 1.807) is 42.8 Å². The molecule has 0 unspecified atom stereocenters. The number of pyridine rings is 1. The fraction of sp³-hybridized carbons (Fsp3) is 0.333. The summed E-state index contributed by atoms with van der Waals surface area (Å²) in [4.78, 5) is 29.3. The van der Waals surface area contributed by atoms with Crippen LogP contribution in [-0.2, 0) is 18.7 Å². The molecule has 0 radical (unpaired) electrons. The van der Waals surface area contributed by atoms with Crippen LogP contribution in [0.4, 0.5) is 11.6 Å². The van der Waals surface area contributed by atoms with Crippen molar-refractivity contribution in [2.24, 2.45) is 0 Å². The van der Waals surface area contributed by atoms with Crippen LogP contribution in [0, 0.1) is 0 Å². The molecule has 1 fully saturated rings. The van der Waals surface area contributed by atoms with Gasteiger partial charge in [-0.15, -0.1) is 6.58 Å². The van der Waals surface area contributed by atoms with Crippen molar-refractivity contribution in [2.75, 3.05) is 18.4 Å². The van der Waals surface area contributed by atoms with E-state index in [0.717, 1.165) is 25.3 Å². The van der Waals surface area contributed by atoms with Crippen LogP contribution < -0.4 is 10.9 Å². The molecule has 9 heteroatoms. The number of allylic oxidation sites excluding steroid dienone is 1. The zero-order valence-corrected chi connectivity index (χ0v) is 20.7. The topological polar surface area (TPSA) is 101 Å². The van der Waals surface area contributed by atoms with Crippen LogP contribution in [-0.4, -0.2) is 47.4 Å². The Bertz CT molecular complexity index is 1440. The second kappa shape index (κ2) is 9.67. The number of nitrogens with zero attached hydrogens (tertiary/aromatic N) is 6. The normalized spacial score (nSPS) is 14.4. The molecular weight excluding hydrogens is 454 g/mol. The molecule has 1 aliphatic heterocycles. The predicted octanol–water partition coefficient (Wildman–Crippen LogP) is 3.73. The van der Waals surface area contributed by atoms with Crippen LogP contribution in [0.2, 0.25) is 0 Å². The van der Waals surface area contributed by atoms with Gasteiger partial charge in [0.2, 0.25) is 5.95 Å². The maximum absolute atomic E-state index is 13.2. The van der Waals surface area contributed by atoms with Crippen molar-refractivity contribution in [3.8, 4) is 5.82 Å². The van der Waals surface area contributed by atoms with Crippen LogP contribution in [0.3, 0.4) is 0 Å². The van der Waals surface area contributed by atoms with Gasteiger partial charge in [-0.25, -0.2) is 19.3 Å². The van der Waals surface area contributed by atoms with Crippen molar-refractivity contribution in [2.45, 2.75) is 45.4 Å². The van der Waals surface area contributed by atoms with E-state index in [0.29, 0.717) is 28.5 Å². The van der Waals surface area contributed by atoms with E-state index >= 15 is 0 Å². The Kier molecular flexibility index (Phi) is 6.42. The van der Waals surface area contributed by atoms with E-state index in [4.69, 9.17) is 0 Å². The Morgan fingerprint density at radius 1 is 1.11 bits per heavy atom. The molecule has 5 rings (SSSR count). The molecule has 0 bridgehead atoms. The molecule has 2 N–H and O–H groups in total. The van der Waals surface area contributed by atoms with Gasteiger partial charge in [-0.3, -0.25) is 9.69 Å². The summed E-state index contributed by atoms with van der Waals surface area (Å²) in [7, 11) is 0. The second-order valence-electron chi connectivity index (χ2n) is 9.66. The van der Waals surface area contributed by atoms with E-state index in [-0.39, 0.29) is 12.1 Å². The largest absolute Gasteiger partial charge is 0.384 e. The maximum atomic E-state index is 13.2. The fourth-order valence-electron chi connectivity index (χ4n) is 4.51. The minimum Gasteiger partial charge on any atom is -0.384 e. The molecule has 0 saturated carbocycles. The summed E-state index contributed by atoms with van der Waals surface area (Å²) in [6.07, 6.45) is 5.73. The monoisotopic (exact) mass is 485 g/mol. The third-order valence-electron chi connectivity index (χ3n) is 6.37. The Labute approximate surface area is 209 Å². The molecule has 36 heavy (non-hydrogen) atoms. The van der Waals surface area contributed by atoms with Crippen molar-refractivity contribution in [1.82, 2.24) is 29.2 Å². The molecule has 0 amide bonds. The highest BCUT2D eigenvalue weighted by molar-refractivity contribution is 5.77. The fourth-order valence-corrected chi connectivity index (χ4v) is 4.51. The number of aromatic nitrogens is 5. The number of nitrogens with one attached hydrogen (secondary N) is 1. The molecule has 186 valence electrons. The first kappa shape index (κ1) is 23.9. The highest BCUT2D eigenvalue weighted by atomic mass is 16.3. The van der Waals surface area contributed by atoms with Crippen LogP contribution in [0.1, 0.15) is 37.9 Å². The van der Waals surface area contributed by atoms with Crippen LogP contribution in [0.5, 0.6) is 0 Å². The summed E-state index contributed by atoms with van der Waals surface area (Å²) in [5.41, 5.74) is 1.67. The number of likely N-dealkylation sites (tertiary alicyclic amines) is 1. The molecule has 0 spiro atoms. The Morgan fingerprint density at radius 3 is 2.56 bits per heavy atom. The number of hydrogen-bond donors (Lipinski definition) is 2. The third kappa shape index (κ3) is 4.80. The number of benzene rings is 1.